The molecule has 0 bridgehead atoms. The Hall–Kier alpha value is -0.550. The van der Waals surface area contributed by atoms with E-state index in [-0.39, 0.29) is 6.04 Å². The number of hydrogen-bond donors (Lipinski definition) is 1. The summed E-state index contributed by atoms with van der Waals surface area (Å²) < 4.78 is 0. The fraction of sp³-hybridized carbons (Fsp3) is 0.917. The highest BCUT2D eigenvalue weighted by Crippen LogP contribution is 2.34. The normalized spacial score (nSPS) is 29.9. The van der Waals surface area contributed by atoms with Crippen molar-refractivity contribution in [1.82, 2.24) is 5.32 Å². The largest absolute Gasteiger partial charge is 0.305 e. The average molecular weight is 194 g/mol. The molecule has 2 nitrogen and oxygen atoms in total. The molecule has 0 aromatic heterocycles. The van der Waals surface area contributed by atoms with Gasteiger partial charge in [0.2, 0.25) is 0 Å². The first-order chi connectivity index (χ1) is 6.69. The second-order valence-corrected chi connectivity index (χ2v) is 4.81. The minimum atomic E-state index is 0.0723. The van der Waals surface area contributed by atoms with Crippen molar-refractivity contribution in [3.8, 4) is 6.07 Å². The Morgan fingerprint density at radius 3 is 2.00 bits per heavy atom. The fourth-order valence-electron chi connectivity index (χ4n) is 2.55. The van der Waals surface area contributed by atoms with Crippen molar-refractivity contribution in [2.24, 2.45) is 17.8 Å². The number of nitrogens with one attached hydrogen (secondary N) is 1. The summed E-state index contributed by atoms with van der Waals surface area (Å²) in [5.74, 6) is 2.29. The molecule has 1 saturated carbocycles. The van der Waals surface area contributed by atoms with Crippen molar-refractivity contribution in [3.63, 3.8) is 0 Å². The summed E-state index contributed by atoms with van der Waals surface area (Å²) in [5.41, 5.74) is 0. The van der Waals surface area contributed by atoms with Crippen LogP contribution < -0.4 is 5.32 Å². The lowest BCUT2D eigenvalue weighted by molar-refractivity contribution is 0.208. The molecule has 1 N–H and O–H groups in total. The summed E-state index contributed by atoms with van der Waals surface area (Å²) >= 11 is 0. The molecule has 14 heavy (non-hydrogen) atoms. The molecule has 1 atom stereocenters. The molecule has 2 heteroatoms. The zero-order valence-corrected chi connectivity index (χ0v) is 9.59. The lowest BCUT2D eigenvalue weighted by atomic mass is 9.75. The van der Waals surface area contributed by atoms with Gasteiger partial charge >= 0.3 is 0 Å². The van der Waals surface area contributed by atoms with Gasteiger partial charge in [-0.1, -0.05) is 13.8 Å². The molecule has 0 spiro atoms. The number of hydrogen-bond acceptors (Lipinski definition) is 2. The van der Waals surface area contributed by atoms with Gasteiger partial charge in [-0.3, -0.25) is 0 Å². The average Bonchev–Trinajstić information content (AvgIpc) is 2.20. The summed E-state index contributed by atoms with van der Waals surface area (Å²) in [4.78, 5) is 0. The van der Waals surface area contributed by atoms with Crippen molar-refractivity contribution in [2.45, 2.75) is 45.6 Å². The van der Waals surface area contributed by atoms with E-state index in [1.165, 1.54) is 25.7 Å². The van der Waals surface area contributed by atoms with Crippen molar-refractivity contribution >= 4 is 0 Å². The Morgan fingerprint density at radius 2 is 1.64 bits per heavy atom. The molecule has 80 valence electrons. The van der Waals surface area contributed by atoms with Gasteiger partial charge in [0.05, 0.1) is 12.1 Å². The Bertz CT molecular complexity index is 197. The van der Waals surface area contributed by atoms with Gasteiger partial charge in [0.25, 0.3) is 0 Å². The van der Waals surface area contributed by atoms with E-state index >= 15 is 0 Å². The van der Waals surface area contributed by atoms with E-state index in [4.69, 9.17) is 5.26 Å². The molecular formula is C12H22N2. The topological polar surface area (TPSA) is 35.8 Å². The van der Waals surface area contributed by atoms with Crippen LogP contribution in [0.4, 0.5) is 0 Å². The minimum Gasteiger partial charge on any atom is -0.305 e. The predicted molar refractivity (Wildman–Crippen MR) is 58.7 cm³/mol. The number of rotatable bonds is 3. The first-order valence-corrected chi connectivity index (χ1v) is 5.76. The highest BCUT2D eigenvalue weighted by Gasteiger charge is 2.27. The van der Waals surface area contributed by atoms with Gasteiger partial charge < -0.3 is 5.32 Å². The molecule has 0 aliphatic heterocycles. The van der Waals surface area contributed by atoms with Crippen LogP contribution in [-0.4, -0.2) is 13.1 Å². The van der Waals surface area contributed by atoms with Crippen LogP contribution in [0.25, 0.3) is 0 Å². The van der Waals surface area contributed by atoms with E-state index in [2.05, 4.69) is 25.2 Å². The van der Waals surface area contributed by atoms with Gasteiger partial charge in [0, 0.05) is 0 Å². The molecule has 1 rings (SSSR count). The molecule has 1 aliphatic rings. The Labute approximate surface area is 87.7 Å². The van der Waals surface area contributed by atoms with Gasteiger partial charge in [0.15, 0.2) is 0 Å². The van der Waals surface area contributed by atoms with Crippen LogP contribution in [0.2, 0.25) is 0 Å². The van der Waals surface area contributed by atoms with Gasteiger partial charge in [-0.25, -0.2) is 0 Å². The molecule has 0 amide bonds. The first-order valence-electron chi connectivity index (χ1n) is 5.76. The Balaban J connectivity index is 2.39. The highest BCUT2D eigenvalue weighted by molar-refractivity contribution is 4.95. The van der Waals surface area contributed by atoms with Crippen LogP contribution in [0.1, 0.15) is 39.5 Å². The van der Waals surface area contributed by atoms with Crippen molar-refractivity contribution in [2.75, 3.05) is 7.05 Å². The van der Waals surface area contributed by atoms with Crippen LogP contribution in [0, 0.1) is 29.1 Å². The molecule has 0 aromatic carbocycles. The van der Waals surface area contributed by atoms with Crippen molar-refractivity contribution in [3.05, 3.63) is 0 Å². The maximum absolute atomic E-state index is 8.94. The monoisotopic (exact) mass is 194 g/mol. The Kier molecular flexibility index (Phi) is 4.41. The van der Waals surface area contributed by atoms with E-state index in [0.717, 1.165) is 11.8 Å². The number of nitriles is 1. The molecule has 0 saturated heterocycles. The second-order valence-electron chi connectivity index (χ2n) is 4.81. The van der Waals surface area contributed by atoms with E-state index in [1.807, 2.05) is 7.05 Å². The lowest BCUT2D eigenvalue weighted by Crippen LogP contribution is -2.35. The standard InChI is InChI=1S/C12H22N2/c1-9(2)10-4-6-11(7-5-10)12(8-13)14-3/h9-12,14H,4-7H2,1-3H3. The lowest BCUT2D eigenvalue weighted by Gasteiger charge is -2.32. The molecule has 1 unspecified atom stereocenters. The molecule has 0 aromatic rings. The second kappa shape index (κ2) is 5.36. The van der Waals surface area contributed by atoms with Crippen LogP contribution in [0.3, 0.4) is 0 Å². The third-order valence-electron chi connectivity index (χ3n) is 3.68. The van der Waals surface area contributed by atoms with Gasteiger partial charge in [-0.05, 0) is 50.5 Å². The summed E-state index contributed by atoms with van der Waals surface area (Å²) in [6, 6.07) is 2.43. The third-order valence-corrected chi connectivity index (χ3v) is 3.68. The molecule has 0 heterocycles. The first kappa shape index (κ1) is 11.5. The minimum absolute atomic E-state index is 0.0723. The molecule has 1 aliphatic carbocycles. The fourth-order valence-corrected chi connectivity index (χ4v) is 2.55. The van der Waals surface area contributed by atoms with Gasteiger partial charge in [-0.2, -0.15) is 5.26 Å². The van der Waals surface area contributed by atoms with E-state index in [9.17, 15) is 0 Å². The summed E-state index contributed by atoms with van der Waals surface area (Å²) in [7, 11) is 1.89. The van der Waals surface area contributed by atoms with Gasteiger partial charge in [0.1, 0.15) is 0 Å². The molecule has 0 radical (unpaired) electrons. The molecule has 1 fully saturated rings. The highest BCUT2D eigenvalue weighted by atomic mass is 14.9. The smallest absolute Gasteiger partial charge is 0.0979 e. The summed E-state index contributed by atoms with van der Waals surface area (Å²) in [6.45, 7) is 4.62. The van der Waals surface area contributed by atoms with Crippen molar-refractivity contribution < 1.29 is 0 Å². The zero-order chi connectivity index (χ0) is 10.6. The van der Waals surface area contributed by atoms with Crippen molar-refractivity contribution in [1.29, 1.82) is 5.26 Å². The van der Waals surface area contributed by atoms with E-state index in [1.54, 1.807) is 0 Å². The maximum atomic E-state index is 8.94. The van der Waals surface area contributed by atoms with Crippen LogP contribution >= 0.6 is 0 Å². The third kappa shape index (κ3) is 2.72. The van der Waals surface area contributed by atoms with E-state index in [0.29, 0.717) is 5.92 Å². The predicted octanol–water partition coefficient (Wildman–Crippen LogP) is 2.56. The molecular weight excluding hydrogens is 172 g/mol. The SMILES string of the molecule is CNC(C#N)C1CCC(C(C)C)CC1. The van der Waals surface area contributed by atoms with Crippen LogP contribution in [-0.2, 0) is 0 Å². The quantitative estimate of drug-likeness (QED) is 0.749. The van der Waals surface area contributed by atoms with Crippen LogP contribution in [0.5, 0.6) is 0 Å². The van der Waals surface area contributed by atoms with Crippen LogP contribution in [0.15, 0.2) is 0 Å². The zero-order valence-electron chi connectivity index (χ0n) is 9.59. The Morgan fingerprint density at radius 1 is 1.14 bits per heavy atom. The summed E-state index contributed by atoms with van der Waals surface area (Å²) in [6.07, 6.45) is 5.06. The number of nitrogens with zero attached hydrogens (tertiary/aromatic N) is 1. The van der Waals surface area contributed by atoms with Gasteiger partial charge in [-0.15, -0.1) is 0 Å². The summed E-state index contributed by atoms with van der Waals surface area (Å²) in [5, 5.41) is 12.0. The van der Waals surface area contributed by atoms with E-state index < -0.39 is 0 Å². The maximum Gasteiger partial charge on any atom is 0.0979 e.